The summed E-state index contributed by atoms with van der Waals surface area (Å²) in [5.41, 5.74) is 2.58. The molecule has 2 heterocycles. The number of aromatic nitrogens is 2. The number of hydrogen-bond donors (Lipinski definition) is 2. The highest BCUT2D eigenvalue weighted by molar-refractivity contribution is 5.99. The van der Waals surface area contributed by atoms with Gasteiger partial charge in [-0.05, 0) is 55.7 Å². The van der Waals surface area contributed by atoms with Crippen molar-refractivity contribution < 1.29 is 9.59 Å². The van der Waals surface area contributed by atoms with Gasteiger partial charge in [0.1, 0.15) is 5.54 Å². The second kappa shape index (κ2) is 9.69. The van der Waals surface area contributed by atoms with Crippen molar-refractivity contribution >= 4 is 22.7 Å². The molecule has 2 aromatic heterocycles. The molecule has 2 aromatic carbocycles. The lowest BCUT2D eigenvalue weighted by Gasteiger charge is -2.37. The number of fused-ring (bicyclic) bond motifs is 1. The van der Waals surface area contributed by atoms with Gasteiger partial charge in [-0.3, -0.25) is 14.6 Å². The van der Waals surface area contributed by atoms with E-state index >= 15 is 0 Å². The fourth-order valence-corrected chi connectivity index (χ4v) is 3.97. The lowest BCUT2D eigenvalue weighted by atomic mass is 9.98. The summed E-state index contributed by atoms with van der Waals surface area (Å²) < 4.78 is 0. The summed E-state index contributed by atoms with van der Waals surface area (Å²) in [6.45, 7) is 4.35. The maximum absolute atomic E-state index is 13.5. The SMILES string of the molecule is CC(C)(C(=O)NCc1cccnc1)N(CCc1c[nH]c2ccccc12)C(=O)c1ccccc1. The highest BCUT2D eigenvalue weighted by Gasteiger charge is 2.38. The van der Waals surface area contributed by atoms with Crippen LogP contribution in [0, 0.1) is 0 Å². The fraction of sp³-hybridized carbons (Fsp3) is 0.222. The molecule has 0 aliphatic rings. The summed E-state index contributed by atoms with van der Waals surface area (Å²) in [5, 5.41) is 4.10. The maximum atomic E-state index is 13.5. The minimum absolute atomic E-state index is 0.169. The Morgan fingerprint density at radius 2 is 1.76 bits per heavy atom. The van der Waals surface area contributed by atoms with Gasteiger partial charge in [-0.2, -0.15) is 0 Å². The van der Waals surface area contributed by atoms with Gasteiger partial charge in [-0.1, -0.05) is 42.5 Å². The minimum Gasteiger partial charge on any atom is -0.361 e. The number of benzene rings is 2. The number of rotatable bonds is 8. The van der Waals surface area contributed by atoms with Gasteiger partial charge < -0.3 is 15.2 Å². The topological polar surface area (TPSA) is 78.1 Å². The van der Waals surface area contributed by atoms with E-state index < -0.39 is 5.54 Å². The highest BCUT2D eigenvalue weighted by Crippen LogP contribution is 2.23. The number of carbonyl (C=O) groups is 2. The molecule has 0 bridgehead atoms. The summed E-state index contributed by atoms with van der Waals surface area (Å²) in [4.78, 5) is 35.8. The molecule has 2 N–H and O–H groups in total. The average molecular weight is 441 g/mol. The van der Waals surface area contributed by atoms with Gasteiger partial charge in [0, 0.05) is 48.1 Å². The maximum Gasteiger partial charge on any atom is 0.254 e. The van der Waals surface area contributed by atoms with E-state index in [1.165, 1.54) is 0 Å². The Morgan fingerprint density at radius 1 is 1.00 bits per heavy atom. The molecule has 0 atom stereocenters. The Bertz CT molecular complexity index is 1230. The molecule has 0 fully saturated rings. The van der Waals surface area contributed by atoms with Crippen LogP contribution in [0.2, 0.25) is 0 Å². The molecule has 0 spiro atoms. The standard InChI is InChI=1S/C27H28N4O2/c1-27(2,26(33)30-18-20-9-8-15-28-17-20)31(25(32)21-10-4-3-5-11-21)16-14-22-19-29-24-13-7-6-12-23(22)24/h3-13,15,17,19,29H,14,16,18H2,1-2H3,(H,30,33). The number of nitrogens with one attached hydrogen (secondary N) is 2. The number of nitrogens with zero attached hydrogens (tertiary/aromatic N) is 2. The zero-order chi connectivity index (χ0) is 23.3. The summed E-state index contributed by atoms with van der Waals surface area (Å²) in [5.74, 6) is -0.383. The van der Waals surface area contributed by atoms with E-state index in [0.717, 1.165) is 22.0 Å². The number of H-pyrrole nitrogens is 1. The average Bonchev–Trinajstić information content (AvgIpc) is 3.26. The minimum atomic E-state index is -1.05. The van der Waals surface area contributed by atoms with Crippen LogP contribution in [0.4, 0.5) is 0 Å². The third-order valence-corrected chi connectivity index (χ3v) is 5.95. The third kappa shape index (κ3) is 4.95. The Balaban J connectivity index is 1.57. The second-order valence-electron chi connectivity index (χ2n) is 8.54. The number of carbonyl (C=O) groups excluding carboxylic acids is 2. The monoisotopic (exact) mass is 440 g/mol. The van der Waals surface area contributed by atoms with E-state index in [4.69, 9.17) is 0 Å². The summed E-state index contributed by atoms with van der Waals surface area (Å²) in [7, 11) is 0. The first-order valence-electron chi connectivity index (χ1n) is 11.1. The van der Waals surface area contributed by atoms with Gasteiger partial charge in [0.25, 0.3) is 5.91 Å². The van der Waals surface area contributed by atoms with Crippen molar-refractivity contribution in [2.75, 3.05) is 6.54 Å². The van der Waals surface area contributed by atoms with Crippen LogP contribution in [0.1, 0.15) is 35.3 Å². The third-order valence-electron chi connectivity index (χ3n) is 5.95. The van der Waals surface area contributed by atoms with Crippen molar-refractivity contribution in [1.29, 1.82) is 0 Å². The number of pyridine rings is 1. The molecule has 0 saturated carbocycles. The van der Waals surface area contributed by atoms with Crippen LogP contribution in [0.5, 0.6) is 0 Å². The Kier molecular flexibility index (Phi) is 6.54. The van der Waals surface area contributed by atoms with Crippen LogP contribution in [-0.4, -0.2) is 38.8 Å². The van der Waals surface area contributed by atoms with Crippen LogP contribution in [0.15, 0.2) is 85.3 Å². The molecule has 168 valence electrons. The molecule has 6 nitrogen and oxygen atoms in total. The van der Waals surface area contributed by atoms with Crippen LogP contribution in [0.3, 0.4) is 0 Å². The molecule has 0 aliphatic carbocycles. The molecule has 6 heteroatoms. The van der Waals surface area contributed by atoms with Crippen molar-refractivity contribution in [1.82, 2.24) is 20.2 Å². The van der Waals surface area contributed by atoms with Gasteiger partial charge in [0.05, 0.1) is 0 Å². The zero-order valence-corrected chi connectivity index (χ0v) is 18.9. The lowest BCUT2D eigenvalue weighted by molar-refractivity contribution is -0.130. The number of para-hydroxylation sites is 1. The fourth-order valence-electron chi connectivity index (χ4n) is 3.97. The van der Waals surface area contributed by atoms with Crippen molar-refractivity contribution in [3.63, 3.8) is 0 Å². The zero-order valence-electron chi connectivity index (χ0n) is 18.9. The molecule has 4 aromatic rings. The number of aromatic amines is 1. The van der Waals surface area contributed by atoms with Crippen LogP contribution >= 0.6 is 0 Å². The molecule has 33 heavy (non-hydrogen) atoms. The van der Waals surface area contributed by atoms with Gasteiger partial charge in [0.15, 0.2) is 0 Å². The van der Waals surface area contributed by atoms with Gasteiger partial charge in [-0.25, -0.2) is 0 Å². The normalized spacial score (nSPS) is 11.3. The smallest absolute Gasteiger partial charge is 0.254 e. The molecular formula is C27H28N4O2. The van der Waals surface area contributed by atoms with Crippen LogP contribution in [-0.2, 0) is 17.8 Å². The van der Waals surface area contributed by atoms with E-state index in [2.05, 4.69) is 21.4 Å². The number of amides is 2. The largest absolute Gasteiger partial charge is 0.361 e. The Labute approximate surface area is 193 Å². The first-order valence-corrected chi connectivity index (χ1v) is 11.1. The molecule has 4 rings (SSSR count). The first-order chi connectivity index (χ1) is 16.0. The lowest BCUT2D eigenvalue weighted by Crippen LogP contribution is -2.57. The predicted molar refractivity (Wildman–Crippen MR) is 130 cm³/mol. The summed E-state index contributed by atoms with van der Waals surface area (Å²) in [6.07, 6.45) is 6.02. The summed E-state index contributed by atoms with van der Waals surface area (Å²) >= 11 is 0. The van der Waals surface area contributed by atoms with Crippen molar-refractivity contribution in [3.8, 4) is 0 Å². The van der Waals surface area contributed by atoms with Gasteiger partial charge in [-0.15, -0.1) is 0 Å². The van der Waals surface area contributed by atoms with E-state index in [9.17, 15) is 9.59 Å². The van der Waals surface area contributed by atoms with E-state index in [1.54, 1.807) is 43.3 Å². The van der Waals surface area contributed by atoms with Gasteiger partial charge in [0.2, 0.25) is 5.91 Å². The molecule has 0 aliphatic heterocycles. The van der Waals surface area contributed by atoms with E-state index in [1.807, 2.05) is 54.7 Å². The van der Waals surface area contributed by atoms with Crippen LogP contribution < -0.4 is 5.32 Å². The molecule has 0 saturated heterocycles. The van der Waals surface area contributed by atoms with E-state index in [0.29, 0.717) is 25.1 Å². The molecule has 2 amide bonds. The molecule has 0 radical (unpaired) electrons. The van der Waals surface area contributed by atoms with Crippen molar-refractivity contribution in [2.45, 2.75) is 32.4 Å². The molecular weight excluding hydrogens is 412 g/mol. The quantitative estimate of drug-likeness (QED) is 0.428. The number of hydrogen-bond acceptors (Lipinski definition) is 3. The Morgan fingerprint density at radius 3 is 2.52 bits per heavy atom. The predicted octanol–water partition coefficient (Wildman–Crippen LogP) is 4.34. The van der Waals surface area contributed by atoms with Crippen LogP contribution in [0.25, 0.3) is 10.9 Å². The first kappa shape index (κ1) is 22.3. The molecule has 0 unspecified atom stereocenters. The van der Waals surface area contributed by atoms with Gasteiger partial charge >= 0.3 is 0 Å². The van der Waals surface area contributed by atoms with E-state index in [-0.39, 0.29) is 11.8 Å². The second-order valence-corrected chi connectivity index (χ2v) is 8.54. The highest BCUT2D eigenvalue weighted by atomic mass is 16.2. The Hall–Kier alpha value is -3.93. The summed E-state index contributed by atoms with van der Waals surface area (Å²) in [6, 6.07) is 20.9. The van der Waals surface area contributed by atoms with Crippen molar-refractivity contribution in [2.24, 2.45) is 0 Å². The van der Waals surface area contributed by atoms with Crippen molar-refractivity contribution in [3.05, 3.63) is 102 Å².